The van der Waals surface area contributed by atoms with E-state index in [-0.39, 0.29) is 5.78 Å². The first-order valence-corrected chi connectivity index (χ1v) is 7.56. The summed E-state index contributed by atoms with van der Waals surface area (Å²) in [5.41, 5.74) is 1.53. The van der Waals surface area contributed by atoms with Crippen LogP contribution in [-0.2, 0) is 0 Å². The van der Waals surface area contributed by atoms with Crippen molar-refractivity contribution >= 4 is 45.8 Å². The smallest absolute Gasteiger partial charge is 0.186 e. The van der Waals surface area contributed by atoms with E-state index < -0.39 is 0 Å². The lowest BCUT2D eigenvalue weighted by Crippen LogP contribution is -1.95. The zero-order valence-corrected chi connectivity index (χ0v) is 13.1. The molecule has 0 radical (unpaired) electrons. The van der Waals surface area contributed by atoms with E-state index in [1.165, 1.54) is 0 Å². The van der Waals surface area contributed by atoms with E-state index in [1.807, 2.05) is 48.5 Å². The predicted octanol–water partition coefficient (Wildman–Crippen LogP) is 6.04. The molecule has 0 spiro atoms. The van der Waals surface area contributed by atoms with Gasteiger partial charge in [-0.05, 0) is 34.5 Å². The molecule has 0 aliphatic heterocycles. The fourth-order valence-electron chi connectivity index (χ4n) is 2.32. The van der Waals surface area contributed by atoms with Gasteiger partial charge in [0.1, 0.15) is 0 Å². The van der Waals surface area contributed by atoms with Crippen LogP contribution in [0.1, 0.15) is 15.9 Å². The molecule has 3 aromatic rings. The molecular weight excluding hydrogens is 315 g/mol. The minimum Gasteiger partial charge on any atom is -0.289 e. The number of hydrogen-bond acceptors (Lipinski definition) is 1. The van der Waals surface area contributed by atoms with Crippen molar-refractivity contribution in [2.24, 2.45) is 0 Å². The summed E-state index contributed by atoms with van der Waals surface area (Å²) in [6.45, 7) is 0. The Hall–Kier alpha value is -2.09. The molecular formula is C19H12Cl2O. The highest BCUT2D eigenvalue weighted by Crippen LogP contribution is 2.24. The predicted molar refractivity (Wildman–Crippen MR) is 93.8 cm³/mol. The second kappa shape index (κ2) is 6.35. The molecule has 0 N–H and O–H groups in total. The van der Waals surface area contributed by atoms with Gasteiger partial charge in [0.2, 0.25) is 0 Å². The van der Waals surface area contributed by atoms with Gasteiger partial charge in [-0.15, -0.1) is 0 Å². The number of rotatable bonds is 3. The highest BCUT2D eigenvalue weighted by Gasteiger charge is 2.06. The second-order valence-corrected chi connectivity index (χ2v) is 5.71. The fraction of sp³-hybridized carbons (Fsp3) is 0. The highest BCUT2D eigenvalue weighted by atomic mass is 35.5. The first-order chi connectivity index (χ1) is 10.6. The van der Waals surface area contributed by atoms with Gasteiger partial charge in [0.15, 0.2) is 5.78 Å². The minimum absolute atomic E-state index is 0.0390. The van der Waals surface area contributed by atoms with Gasteiger partial charge in [-0.1, -0.05) is 77.8 Å². The van der Waals surface area contributed by atoms with Crippen molar-refractivity contribution in [2.75, 3.05) is 0 Å². The van der Waals surface area contributed by atoms with Gasteiger partial charge >= 0.3 is 0 Å². The van der Waals surface area contributed by atoms with Gasteiger partial charge in [-0.25, -0.2) is 0 Å². The summed E-state index contributed by atoms with van der Waals surface area (Å²) in [6, 6.07) is 18.8. The number of ketones is 1. The third-order valence-corrected chi connectivity index (χ3v) is 4.16. The Morgan fingerprint density at radius 2 is 1.64 bits per heavy atom. The minimum atomic E-state index is -0.0390. The Morgan fingerprint density at radius 3 is 2.45 bits per heavy atom. The molecule has 0 unspecified atom stereocenters. The summed E-state index contributed by atoms with van der Waals surface area (Å²) >= 11 is 11.9. The van der Waals surface area contributed by atoms with Crippen LogP contribution >= 0.6 is 23.2 Å². The number of benzene rings is 3. The van der Waals surface area contributed by atoms with Gasteiger partial charge in [0.25, 0.3) is 0 Å². The highest BCUT2D eigenvalue weighted by molar-refractivity contribution is 6.42. The number of carbonyl (C=O) groups excluding carboxylic acids is 1. The first-order valence-electron chi connectivity index (χ1n) is 6.80. The van der Waals surface area contributed by atoms with E-state index in [2.05, 4.69) is 0 Å². The standard InChI is InChI=1S/C19H12Cl2O/c20-17-10-8-13(12-18(17)21)9-11-19(22)16-7-3-5-14-4-1-2-6-15(14)16/h1-12H/b11-9+. The Balaban J connectivity index is 1.93. The molecule has 0 amide bonds. The van der Waals surface area contributed by atoms with Crippen molar-refractivity contribution in [1.29, 1.82) is 0 Å². The fourth-order valence-corrected chi connectivity index (χ4v) is 2.62. The molecule has 22 heavy (non-hydrogen) atoms. The molecule has 0 heterocycles. The van der Waals surface area contributed by atoms with Crippen LogP contribution in [0.4, 0.5) is 0 Å². The molecule has 1 nitrogen and oxygen atoms in total. The second-order valence-electron chi connectivity index (χ2n) is 4.90. The molecule has 0 saturated heterocycles. The summed E-state index contributed by atoms with van der Waals surface area (Å²) in [5.74, 6) is -0.0390. The molecule has 3 rings (SSSR count). The molecule has 0 aliphatic rings. The maximum Gasteiger partial charge on any atom is 0.186 e. The van der Waals surface area contributed by atoms with E-state index in [4.69, 9.17) is 23.2 Å². The maximum absolute atomic E-state index is 12.4. The maximum atomic E-state index is 12.4. The van der Waals surface area contributed by atoms with Gasteiger partial charge in [-0.3, -0.25) is 4.79 Å². The Bertz CT molecular complexity index is 876. The summed E-state index contributed by atoms with van der Waals surface area (Å²) < 4.78 is 0. The topological polar surface area (TPSA) is 17.1 Å². The van der Waals surface area contributed by atoms with Crippen LogP contribution in [-0.4, -0.2) is 5.78 Å². The van der Waals surface area contributed by atoms with Crippen molar-refractivity contribution in [1.82, 2.24) is 0 Å². The van der Waals surface area contributed by atoms with E-state index in [0.29, 0.717) is 15.6 Å². The van der Waals surface area contributed by atoms with Crippen molar-refractivity contribution in [3.8, 4) is 0 Å². The zero-order chi connectivity index (χ0) is 15.5. The van der Waals surface area contributed by atoms with E-state index in [1.54, 1.807) is 24.3 Å². The molecule has 0 fully saturated rings. The normalized spacial score (nSPS) is 11.2. The molecule has 3 heteroatoms. The van der Waals surface area contributed by atoms with E-state index >= 15 is 0 Å². The summed E-state index contributed by atoms with van der Waals surface area (Å²) in [6.07, 6.45) is 3.30. The monoisotopic (exact) mass is 326 g/mol. The number of carbonyl (C=O) groups is 1. The molecule has 0 aliphatic carbocycles. The first kappa shape index (κ1) is 14.8. The third kappa shape index (κ3) is 3.06. The zero-order valence-electron chi connectivity index (χ0n) is 11.6. The van der Waals surface area contributed by atoms with Crippen molar-refractivity contribution in [2.45, 2.75) is 0 Å². The number of allylic oxidation sites excluding steroid dienone is 1. The van der Waals surface area contributed by atoms with Gasteiger partial charge < -0.3 is 0 Å². The van der Waals surface area contributed by atoms with Crippen LogP contribution in [0.3, 0.4) is 0 Å². The van der Waals surface area contributed by atoms with Crippen molar-refractivity contribution in [3.63, 3.8) is 0 Å². The quantitative estimate of drug-likeness (QED) is 0.423. The molecule has 108 valence electrons. The number of halogens is 2. The van der Waals surface area contributed by atoms with Crippen molar-refractivity contribution in [3.05, 3.63) is 87.9 Å². The van der Waals surface area contributed by atoms with Gasteiger partial charge in [0.05, 0.1) is 10.0 Å². The van der Waals surface area contributed by atoms with Gasteiger partial charge in [0, 0.05) is 5.56 Å². The lowest BCUT2D eigenvalue weighted by atomic mass is 10.0. The average Bonchev–Trinajstić information content (AvgIpc) is 2.55. The molecule has 0 aromatic heterocycles. The Morgan fingerprint density at radius 1 is 0.864 bits per heavy atom. The van der Waals surface area contributed by atoms with E-state index in [9.17, 15) is 4.79 Å². The van der Waals surface area contributed by atoms with Crippen LogP contribution in [0.2, 0.25) is 10.0 Å². The Kier molecular flexibility index (Phi) is 4.28. The summed E-state index contributed by atoms with van der Waals surface area (Å²) in [5, 5.41) is 2.98. The molecule has 0 bridgehead atoms. The molecule has 0 atom stereocenters. The average molecular weight is 327 g/mol. The lowest BCUT2D eigenvalue weighted by Gasteiger charge is -2.03. The van der Waals surface area contributed by atoms with Crippen LogP contribution < -0.4 is 0 Å². The van der Waals surface area contributed by atoms with Gasteiger partial charge in [-0.2, -0.15) is 0 Å². The van der Waals surface area contributed by atoms with Crippen LogP contribution in [0.25, 0.3) is 16.8 Å². The van der Waals surface area contributed by atoms with Crippen LogP contribution in [0.15, 0.2) is 66.7 Å². The molecule has 0 saturated carbocycles. The van der Waals surface area contributed by atoms with Crippen molar-refractivity contribution < 1.29 is 4.79 Å². The summed E-state index contributed by atoms with van der Waals surface area (Å²) in [7, 11) is 0. The number of hydrogen-bond donors (Lipinski definition) is 0. The van der Waals surface area contributed by atoms with E-state index in [0.717, 1.165) is 16.3 Å². The Labute approximate surface area is 138 Å². The number of fused-ring (bicyclic) bond motifs is 1. The van der Waals surface area contributed by atoms with Crippen LogP contribution in [0.5, 0.6) is 0 Å². The largest absolute Gasteiger partial charge is 0.289 e. The third-order valence-electron chi connectivity index (χ3n) is 3.43. The SMILES string of the molecule is O=C(/C=C/c1ccc(Cl)c(Cl)c1)c1cccc2ccccc12. The van der Waals surface area contributed by atoms with Crippen LogP contribution in [0, 0.1) is 0 Å². The lowest BCUT2D eigenvalue weighted by molar-refractivity contribution is 0.104. The summed E-state index contributed by atoms with van der Waals surface area (Å²) in [4.78, 5) is 12.4. The molecule has 3 aromatic carbocycles.